The Morgan fingerprint density at radius 2 is 2.19 bits per heavy atom. The molecule has 4 rings (SSSR count). The monoisotopic (exact) mass is 288 g/mol. The average Bonchev–Trinajstić information content (AvgIpc) is 3.07. The van der Waals surface area contributed by atoms with Crippen molar-refractivity contribution in [2.45, 2.75) is 31.4 Å². The quantitative estimate of drug-likeness (QED) is 0.899. The molecule has 1 saturated heterocycles. The maximum Gasteiger partial charge on any atom is 0.335 e. The predicted molar refractivity (Wildman–Crippen MR) is 75.5 cm³/mol. The molecule has 1 aromatic heterocycles. The summed E-state index contributed by atoms with van der Waals surface area (Å²) in [6, 6.07) is 5.36. The van der Waals surface area contributed by atoms with E-state index in [0.717, 1.165) is 13.0 Å². The van der Waals surface area contributed by atoms with E-state index < -0.39 is 5.97 Å². The molecule has 6 nitrogen and oxygen atoms in total. The number of hydrogen-bond acceptors (Lipinski definition) is 5. The molecule has 21 heavy (non-hydrogen) atoms. The second-order valence-electron chi connectivity index (χ2n) is 5.72. The number of anilines is 1. The van der Waals surface area contributed by atoms with Crippen LogP contribution >= 0.6 is 0 Å². The van der Waals surface area contributed by atoms with Crippen molar-refractivity contribution < 1.29 is 19.1 Å². The number of carbonyl (C=O) groups is 1. The Labute approximate surface area is 121 Å². The molecule has 1 aliphatic carbocycles. The molecule has 0 amide bonds. The van der Waals surface area contributed by atoms with E-state index in [-0.39, 0.29) is 17.7 Å². The molecular formula is C15H16N2O4. The Morgan fingerprint density at radius 1 is 1.33 bits per heavy atom. The van der Waals surface area contributed by atoms with Gasteiger partial charge in [0.25, 0.3) is 6.01 Å². The molecule has 2 aliphatic rings. The number of carboxylic acid groups (broad SMARTS) is 1. The van der Waals surface area contributed by atoms with Crippen LogP contribution in [0, 0.1) is 5.92 Å². The summed E-state index contributed by atoms with van der Waals surface area (Å²) in [5.74, 6) is -0.311. The Kier molecular flexibility index (Phi) is 2.85. The van der Waals surface area contributed by atoms with Gasteiger partial charge in [-0.2, -0.15) is 4.98 Å². The van der Waals surface area contributed by atoms with Crippen LogP contribution in [-0.4, -0.2) is 34.8 Å². The highest BCUT2D eigenvalue weighted by Gasteiger charge is 2.41. The lowest BCUT2D eigenvalue weighted by molar-refractivity contribution is 0.0697. The van der Waals surface area contributed by atoms with Gasteiger partial charge in [0.1, 0.15) is 5.52 Å². The van der Waals surface area contributed by atoms with Gasteiger partial charge in [0.2, 0.25) is 0 Å². The predicted octanol–water partition coefficient (Wildman–Crippen LogP) is 2.51. The maximum absolute atomic E-state index is 11.0. The first-order valence-corrected chi connectivity index (χ1v) is 7.23. The zero-order valence-corrected chi connectivity index (χ0v) is 11.4. The molecule has 0 bridgehead atoms. The fourth-order valence-electron chi connectivity index (χ4n) is 2.93. The molecule has 6 heteroatoms. The van der Waals surface area contributed by atoms with Gasteiger partial charge in [-0.05, 0) is 43.4 Å². The number of rotatable bonds is 4. The minimum absolute atomic E-state index is 0.199. The number of oxazole rings is 1. The number of carboxylic acids is 1. The number of hydrogen-bond donors (Lipinski definition) is 2. The van der Waals surface area contributed by atoms with Crippen LogP contribution in [0.3, 0.4) is 0 Å². The summed E-state index contributed by atoms with van der Waals surface area (Å²) in [7, 11) is 0. The van der Waals surface area contributed by atoms with Crippen LogP contribution in [0.2, 0.25) is 0 Å². The Hall–Kier alpha value is -2.08. The average molecular weight is 288 g/mol. The molecule has 2 heterocycles. The minimum Gasteiger partial charge on any atom is -0.478 e. The topological polar surface area (TPSA) is 84.6 Å². The first kappa shape index (κ1) is 12.6. The van der Waals surface area contributed by atoms with Crippen molar-refractivity contribution in [1.82, 2.24) is 4.98 Å². The van der Waals surface area contributed by atoms with E-state index >= 15 is 0 Å². The lowest BCUT2D eigenvalue weighted by Gasteiger charge is -2.17. The van der Waals surface area contributed by atoms with Crippen LogP contribution < -0.4 is 5.32 Å². The van der Waals surface area contributed by atoms with E-state index in [1.165, 1.54) is 25.0 Å². The molecule has 2 atom stereocenters. The van der Waals surface area contributed by atoms with Gasteiger partial charge >= 0.3 is 5.97 Å². The summed E-state index contributed by atoms with van der Waals surface area (Å²) < 4.78 is 11.4. The zero-order chi connectivity index (χ0) is 14.4. The van der Waals surface area contributed by atoms with E-state index in [4.69, 9.17) is 14.3 Å². The van der Waals surface area contributed by atoms with Gasteiger partial charge in [0, 0.05) is 6.61 Å². The fraction of sp³-hybridized carbons (Fsp3) is 0.467. The molecular weight excluding hydrogens is 272 g/mol. The second kappa shape index (κ2) is 4.73. The SMILES string of the molecule is O=C(O)c1ccc2nc(NC3CCOC3C3CC3)oc2c1. The molecule has 1 aliphatic heterocycles. The van der Waals surface area contributed by atoms with Crippen LogP contribution in [0.5, 0.6) is 0 Å². The molecule has 1 aromatic carbocycles. The summed E-state index contributed by atoms with van der Waals surface area (Å²) in [4.78, 5) is 15.3. The van der Waals surface area contributed by atoms with Crippen LogP contribution in [0.1, 0.15) is 29.6 Å². The van der Waals surface area contributed by atoms with Crippen LogP contribution in [0.25, 0.3) is 11.1 Å². The fourth-order valence-corrected chi connectivity index (χ4v) is 2.93. The highest BCUT2D eigenvalue weighted by atomic mass is 16.5. The van der Waals surface area contributed by atoms with E-state index in [9.17, 15) is 4.79 Å². The highest BCUT2D eigenvalue weighted by Crippen LogP contribution is 2.39. The second-order valence-corrected chi connectivity index (χ2v) is 5.72. The van der Waals surface area contributed by atoms with Crippen LogP contribution in [0.4, 0.5) is 6.01 Å². The number of aromatic carboxylic acids is 1. The Morgan fingerprint density at radius 3 is 2.95 bits per heavy atom. The third-order valence-electron chi connectivity index (χ3n) is 4.17. The van der Waals surface area contributed by atoms with E-state index in [2.05, 4.69) is 10.3 Å². The lowest BCUT2D eigenvalue weighted by atomic mass is 10.1. The summed E-state index contributed by atoms with van der Waals surface area (Å²) in [6.45, 7) is 0.766. The van der Waals surface area contributed by atoms with Crippen LogP contribution in [-0.2, 0) is 4.74 Å². The van der Waals surface area contributed by atoms with Gasteiger partial charge in [-0.1, -0.05) is 0 Å². The lowest BCUT2D eigenvalue weighted by Crippen LogP contribution is -2.31. The van der Waals surface area contributed by atoms with E-state index in [1.54, 1.807) is 6.07 Å². The van der Waals surface area contributed by atoms with Crippen molar-refractivity contribution in [3.63, 3.8) is 0 Å². The number of fused-ring (bicyclic) bond motifs is 1. The van der Waals surface area contributed by atoms with Gasteiger partial charge < -0.3 is 19.6 Å². The summed E-state index contributed by atoms with van der Waals surface area (Å²) >= 11 is 0. The largest absolute Gasteiger partial charge is 0.478 e. The molecule has 0 spiro atoms. The smallest absolute Gasteiger partial charge is 0.335 e. The normalized spacial score (nSPS) is 25.3. The number of ether oxygens (including phenoxy) is 1. The first-order valence-electron chi connectivity index (χ1n) is 7.23. The van der Waals surface area contributed by atoms with Gasteiger partial charge in [-0.25, -0.2) is 4.79 Å². The number of nitrogens with one attached hydrogen (secondary N) is 1. The molecule has 2 N–H and O–H groups in total. The summed E-state index contributed by atoms with van der Waals surface area (Å²) in [6.07, 6.45) is 3.66. The van der Waals surface area contributed by atoms with Crippen molar-refractivity contribution in [2.24, 2.45) is 5.92 Å². The number of aromatic nitrogens is 1. The van der Waals surface area contributed by atoms with Crippen molar-refractivity contribution in [2.75, 3.05) is 11.9 Å². The van der Waals surface area contributed by atoms with E-state index in [0.29, 0.717) is 23.0 Å². The van der Waals surface area contributed by atoms with Gasteiger partial charge in [0.15, 0.2) is 5.58 Å². The summed E-state index contributed by atoms with van der Waals surface area (Å²) in [5, 5.41) is 12.3. The van der Waals surface area contributed by atoms with Crippen molar-refractivity contribution in [1.29, 1.82) is 0 Å². The summed E-state index contributed by atoms with van der Waals surface area (Å²) in [5.41, 5.74) is 1.34. The molecule has 2 unspecified atom stereocenters. The molecule has 1 saturated carbocycles. The van der Waals surface area contributed by atoms with Gasteiger partial charge in [-0.3, -0.25) is 0 Å². The first-order chi connectivity index (χ1) is 10.2. The maximum atomic E-state index is 11.0. The van der Waals surface area contributed by atoms with Crippen molar-refractivity contribution in [3.8, 4) is 0 Å². The molecule has 0 radical (unpaired) electrons. The minimum atomic E-state index is -0.971. The zero-order valence-electron chi connectivity index (χ0n) is 11.4. The van der Waals surface area contributed by atoms with Crippen LogP contribution in [0.15, 0.2) is 22.6 Å². The van der Waals surface area contributed by atoms with Crippen molar-refractivity contribution in [3.05, 3.63) is 23.8 Å². The highest BCUT2D eigenvalue weighted by molar-refractivity contribution is 5.92. The third-order valence-corrected chi connectivity index (χ3v) is 4.17. The molecule has 2 fully saturated rings. The standard InChI is InChI=1S/C15H16N2O4/c18-14(19)9-3-4-10-12(7-9)21-15(16-10)17-11-5-6-20-13(11)8-1-2-8/h3-4,7-8,11,13H,1-2,5-6H2,(H,16,17)(H,18,19). The molecule has 110 valence electrons. The third kappa shape index (κ3) is 2.35. The Bertz CT molecular complexity index is 692. The van der Waals surface area contributed by atoms with Gasteiger partial charge in [-0.15, -0.1) is 0 Å². The molecule has 2 aromatic rings. The Balaban J connectivity index is 1.57. The van der Waals surface area contributed by atoms with E-state index in [1.807, 2.05) is 0 Å². The van der Waals surface area contributed by atoms with Gasteiger partial charge in [0.05, 0.1) is 17.7 Å². The van der Waals surface area contributed by atoms with Crippen molar-refractivity contribution >= 4 is 23.1 Å². The number of benzene rings is 1. The number of nitrogens with zero attached hydrogens (tertiary/aromatic N) is 1.